The number of hydrogen-bond acceptors (Lipinski definition) is 3. The van der Waals surface area contributed by atoms with Gasteiger partial charge in [-0.25, -0.2) is 0 Å². The molecule has 0 aromatic heterocycles. The maximum absolute atomic E-state index is 8.73. The van der Waals surface area contributed by atoms with Crippen LogP contribution < -0.4 is 10.1 Å². The molecular weight excluding hydrogens is 212 g/mol. The van der Waals surface area contributed by atoms with Crippen molar-refractivity contribution in [2.24, 2.45) is 5.41 Å². The molecule has 1 aliphatic rings. The second-order valence-electron chi connectivity index (χ2n) is 4.79. The van der Waals surface area contributed by atoms with Gasteiger partial charge in [-0.05, 0) is 36.0 Å². The molecule has 1 aromatic carbocycles. The summed E-state index contributed by atoms with van der Waals surface area (Å²) in [6.45, 7) is 1.78. The van der Waals surface area contributed by atoms with Crippen LogP contribution in [-0.4, -0.2) is 13.7 Å². The smallest absolute Gasteiger partial charge is 0.119 e. The first-order valence-corrected chi connectivity index (χ1v) is 5.99. The molecule has 0 saturated heterocycles. The Morgan fingerprint density at radius 1 is 1.47 bits per heavy atom. The summed E-state index contributed by atoms with van der Waals surface area (Å²) in [6, 6.07) is 10.3. The van der Waals surface area contributed by atoms with Crippen LogP contribution in [0.5, 0.6) is 5.75 Å². The molecular formula is C14H18N2O. The van der Waals surface area contributed by atoms with Crippen LogP contribution in [0.25, 0.3) is 0 Å². The third-order valence-electron chi connectivity index (χ3n) is 3.37. The fraction of sp³-hybridized carbons (Fsp3) is 0.500. The lowest BCUT2D eigenvalue weighted by Gasteiger charge is -2.12. The highest BCUT2D eigenvalue weighted by Gasteiger charge is 2.41. The van der Waals surface area contributed by atoms with Gasteiger partial charge in [-0.15, -0.1) is 0 Å². The number of nitrogens with one attached hydrogen (secondary N) is 1. The molecule has 2 rings (SSSR count). The van der Waals surface area contributed by atoms with Crippen LogP contribution in [0, 0.1) is 16.7 Å². The summed E-state index contributed by atoms with van der Waals surface area (Å²) in [4.78, 5) is 0. The van der Waals surface area contributed by atoms with Gasteiger partial charge in [0, 0.05) is 19.5 Å². The molecule has 0 aliphatic heterocycles. The first kappa shape index (κ1) is 11.9. The third-order valence-corrected chi connectivity index (χ3v) is 3.37. The van der Waals surface area contributed by atoms with E-state index < -0.39 is 0 Å². The van der Waals surface area contributed by atoms with E-state index >= 15 is 0 Å². The topological polar surface area (TPSA) is 45.0 Å². The van der Waals surface area contributed by atoms with Gasteiger partial charge in [0.25, 0.3) is 0 Å². The lowest BCUT2D eigenvalue weighted by Crippen LogP contribution is -2.23. The molecule has 0 atom stereocenters. The molecule has 0 spiro atoms. The zero-order valence-electron chi connectivity index (χ0n) is 10.2. The number of rotatable bonds is 6. The molecule has 0 unspecified atom stereocenters. The maximum atomic E-state index is 8.73. The zero-order valence-corrected chi connectivity index (χ0v) is 10.2. The Hall–Kier alpha value is -1.53. The number of nitrogens with zero attached hydrogens (tertiary/aromatic N) is 1. The van der Waals surface area contributed by atoms with Crippen LogP contribution in [0.1, 0.15) is 24.8 Å². The fourth-order valence-electron chi connectivity index (χ4n) is 2.01. The van der Waals surface area contributed by atoms with Crippen molar-refractivity contribution < 1.29 is 4.74 Å². The van der Waals surface area contributed by atoms with Gasteiger partial charge in [0.15, 0.2) is 0 Å². The van der Waals surface area contributed by atoms with Gasteiger partial charge in [0.05, 0.1) is 13.2 Å². The Morgan fingerprint density at radius 3 is 2.94 bits per heavy atom. The second kappa shape index (κ2) is 5.20. The first-order chi connectivity index (χ1) is 8.28. The van der Waals surface area contributed by atoms with Crippen molar-refractivity contribution in [3.05, 3.63) is 29.8 Å². The Balaban J connectivity index is 1.80. The molecule has 3 heteroatoms. The minimum Gasteiger partial charge on any atom is -0.497 e. The summed E-state index contributed by atoms with van der Waals surface area (Å²) in [5, 5.41) is 12.2. The third kappa shape index (κ3) is 3.21. The van der Waals surface area contributed by atoms with Crippen molar-refractivity contribution in [1.82, 2.24) is 5.32 Å². The molecule has 1 aromatic rings. The van der Waals surface area contributed by atoms with Crippen LogP contribution >= 0.6 is 0 Å². The van der Waals surface area contributed by atoms with E-state index in [0.29, 0.717) is 6.42 Å². The molecule has 3 nitrogen and oxygen atoms in total. The molecule has 0 heterocycles. The number of hydrogen-bond donors (Lipinski definition) is 1. The Kier molecular flexibility index (Phi) is 3.65. The summed E-state index contributed by atoms with van der Waals surface area (Å²) in [5.74, 6) is 0.891. The van der Waals surface area contributed by atoms with Crippen molar-refractivity contribution >= 4 is 0 Å². The maximum Gasteiger partial charge on any atom is 0.119 e. The molecule has 0 radical (unpaired) electrons. The van der Waals surface area contributed by atoms with Gasteiger partial charge in [-0.2, -0.15) is 5.26 Å². The van der Waals surface area contributed by atoms with E-state index in [0.717, 1.165) is 18.8 Å². The van der Waals surface area contributed by atoms with E-state index in [4.69, 9.17) is 10.00 Å². The number of methoxy groups -OCH3 is 1. The highest BCUT2D eigenvalue weighted by atomic mass is 16.5. The molecule has 0 bridgehead atoms. The molecule has 1 N–H and O–H groups in total. The normalized spacial score (nSPS) is 16.2. The predicted octanol–water partition coefficient (Wildman–Crippen LogP) is 2.48. The summed E-state index contributed by atoms with van der Waals surface area (Å²) < 4.78 is 5.18. The van der Waals surface area contributed by atoms with Crippen LogP contribution in [0.15, 0.2) is 24.3 Å². The Labute approximate surface area is 102 Å². The van der Waals surface area contributed by atoms with Gasteiger partial charge >= 0.3 is 0 Å². The van der Waals surface area contributed by atoms with Gasteiger partial charge < -0.3 is 10.1 Å². The van der Waals surface area contributed by atoms with E-state index in [-0.39, 0.29) is 5.41 Å². The van der Waals surface area contributed by atoms with Crippen LogP contribution in [0.3, 0.4) is 0 Å². The van der Waals surface area contributed by atoms with E-state index in [1.165, 1.54) is 18.4 Å². The van der Waals surface area contributed by atoms with E-state index in [9.17, 15) is 0 Å². The average molecular weight is 230 g/mol. The van der Waals surface area contributed by atoms with Crippen molar-refractivity contribution in [2.45, 2.75) is 25.8 Å². The van der Waals surface area contributed by atoms with Crippen molar-refractivity contribution in [3.8, 4) is 11.8 Å². The van der Waals surface area contributed by atoms with E-state index in [1.54, 1.807) is 7.11 Å². The predicted molar refractivity (Wildman–Crippen MR) is 66.6 cm³/mol. The van der Waals surface area contributed by atoms with E-state index in [2.05, 4.69) is 17.5 Å². The van der Waals surface area contributed by atoms with Gasteiger partial charge in [0.1, 0.15) is 5.75 Å². The minimum absolute atomic E-state index is 0.271. The number of ether oxygens (including phenoxy) is 1. The van der Waals surface area contributed by atoms with Crippen LogP contribution in [0.4, 0.5) is 0 Å². The summed E-state index contributed by atoms with van der Waals surface area (Å²) in [5.41, 5.74) is 1.49. The molecule has 17 heavy (non-hydrogen) atoms. The van der Waals surface area contributed by atoms with Gasteiger partial charge in [0.2, 0.25) is 0 Å². The minimum atomic E-state index is 0.271. The van der Waals surface area contributed by atoms with E-state index in [1.807, 2.05) is 18.2 Å². The molecule has 0 amide bonds. The Bertz CT molecular complexity index is 418. The highest BCUT2D eigenvalue weighted by Crippen LogP contribution is 2.47. The Morgan fingerprint density at radius 2 is 2.29 bits per heavy atom. The summed E-state index contributed by atoms with van der Waals surface area (Å²) in [7, 11) is 1.68. The number of nitriles is 1. The molecule has 1 aliphatic carbocycles. The average Bonchev–Trinajstić information content (AvgIpc) is 3.10. The standard InChI is InChI=1S/C14H18N2O/c1-17-13-4-2-3-12(9-13)10-16-11-14(5-6-14)7-8-15/h2-4,9,16H,5-7,10-11H2,1H3. The molecule has 1 fully saturated rings. The summed E-state index contributed by atoms with van der Waals surface area (Å²) >= 11 is 0. The molecule has 90 valence electrons. The lowest BCUT2D eigenvalue weighted by atomic mass is 10.0. The monoisotopic (exact) mass is 230 g/mol. The zero-order chi connectivity index (χ0) is 12.1. The van der Waals surface area contributed by atoms with Crippen molar-refractivity contribution in [3.63, 3.8) is 0 Å². The van der Waals surface area contributed by atoms with Crippen LogP contribution in [0.2, 0.25) is 0 Å². The first-order valence-electron chi connectivity index (χ1n) is 5.99. The van der Waals surface area contributed by atoms with Gasteiger partial charge in [-0.1, -0.05) is 12.1 Å². The quantitative estimate of drug-likeness (QED) is 0.816. The molecule has 1 saturated carbocycles. The summed E-state index contributed by atoms with van der Waals surface area (Å²) in [6.07, 6.45) is 3.05. The fourth-order valence-corrected chi connectivity index (χ4v) is 2.01. The number of benzene rings is 1. The highest BCUT2D eigenvalue weighted by molar-refractivity contribution is 5.28. The second-order valence-corrected chi connectivity index (χ2v) is 4.79. The van der Waals surface area contributed by atoms with Gasteiger partial charge in [-0.3, -0.25) is 0 Å². The SMILES string of the molecule is COc1cccc(CNCC2(CC#N)CC2)c1. The van der Waals surface area contributed by atoms with Crippen molar-refractivity contribution in [2.75, 3.05) is 13.7 Å². The largest absolute Gasteiger partial charge is 0.497 e. The van der Waals surface area contributed by atoms with Crippen molar-refractivity contribution in [1.29, 1.82) is 5.26 Å². The lowest BCUT2D eigenvalue weighted by molar-refractivity contribution is 0.413. The van der Waals surface area contributed by atoms with Crippen LogP contribution in [-0.2, 0) is 6.54 Å².